The zero-order valence-electron chi connectivity index (χ0n) is 11.6. The van der Waals surface area contributed by atoms with Gasteiger partial charge in [-0.05, 0) is 54.3 Å². The second kappa shape index (κ2) is 5.78. The molecule has 2 aromatic rings. The molecule has 1 saturated heterocycles. The van der Waals surface area contributed by atoms with E-state index in [2.05, 4.69) is 0 Å². The number of likely N-dealkylation sites (tertiary alicyclic amines) is 1. The number of benzene rings is 2. The molecule has 0 saturated carbocycles. The Morgan fingerprint density at radius 2 is 1.81 bits per heavy atom. The lowest BCUT2D eigenvalue weighted by Crippen LogP contribution is -2.27. The molecule has 2 aromatic carbocycles. The van der Waals surface area contributed by atoms with Crippen molar-refractivity contribution in [1.29, 1.82) is 0 Å². The van der Waals surface area contributed by atoms with E-state index in [0.29, 0.717) is 10.6 Å². The van der Waals surface area contributed by atoms with Gasteiger partial charge in [0.05, 0.1) is 0 Å². The van der Waals surface area contributed by atoms with Crippen LogP contribution in [-0.4, -0.2) is 29.0 Å². The van der Waals surface area contributed by atoms with E-state index in [1.807, 2.05) is 29.2 Å². The number of amides is 1. The molecule has 3 nitrogen and oxygen atoms in total. The van der Waals surface area contributed by atoms with Gasteiger partial charge in [0.15, 0.2) is 0 Å². The number of phenolic OH excluding ortho intramolecular Hbond substituents is 1. The molecule has 1 amide bonds. The number of phenols is 1. The SMILES string of the molecule is O=C(c1cccc(-c2cc(O)cc(Cl)c2)c1)N1CCCC1. The van der Waals surface area contributed by atoms with Gasteiger partial charge in [-0.25, -0.2) is 0 Å². The van der Waals surface area contributed by atoms with Crippen molar-refractivity contribution in [3.8, 4) is 16.9 Å². The predicted molar refractivity (Wildman–Crippen MR) is 83.7 cm³/mol. The van der Waals surface area contributed by atoms with Crippen molar-refractivity contribution in [3.63, 3.8) is 0 Å². The quantitative estimate of drug-likeness (QED) is 0.912. The summed E-state index contributed by atoms with van der Waals surface area (Å²) >= 11 is 5.97. The Labute approximate surface area is 128 Å². The highest BCUT2D eigenvalue weighted by atomic mass is 35.5. The molecule has 0 radical (unpaired) electrons. The number of hydrogen-bond acceptors (Lipinski definition) is 2. The van der Waals surface area contributed by atoms with Crippen molar-refractivity contribution < 1.29 is 9.90 Å². The Morgan fingerprint density at radius 3 is 2.52 bits per heavy atom. The van der Waals surface area contributed by atoms with Gasteiger partial charge in [-0.3, -0.25) is 4.79 Å². The van der Waals surface area contributed by atoms with Crippen LogP contribution < -0.4 is 0 Å². The number of carbonyl (C=O) groups excluding carboxylic acids is 1. The summed E-state index contributed by atoms with van der Waals surface area (Å²) in [6.45, 7) is 1.67. The smallest absolute Gasteiger partial charge is 0.253 e. The van der Waals surface area contributed by atoms with E-state index in [4.69, 9.17) is 11.6 Å². The minimum atomic E-state index is 0.0700. The van der Waals surface area contributed by atoms with Crippen LogP contribution in [0, 0.1) is 0 Å². The Hall–Kier alpha value is -2.00. The Kier molecular flexibility index (Phi) is 3.84. The molecule has 0 unspecified atom stereocenters. The fraction of sp³-hybridized carbons (Fsp3) is 0.235. The molecular formula is C17H16ClNO2. The average molecular weight is 302 g/mol. The molecule has 108 valence electrons. The van der Waals surface area contributed by atoms with E-state index in [1.165, 1.54) is 6.07 Å². The summed E-state index contributed by atoms with van der Waals surface area (Å²) in [6, 6.07) is 12.4. The third kappa shape index (κ3) is 3.03. The van der Waals surface area contributed by atoms with Crippen molar-refractivity contribution in [2.45, 2.75) is 12.8 Å². The molecule has 1 heterocycles. The summed E-state index contributed by atoms with van der Waals surface area (Å²) in [5, 5.41) is 10.1. The molecule has 0 atom stereocenters. The molecule has 1 aliphatic rings. The molecule has 0 aromatic heterocycles. The van der Waals surface area contributed by atoms with Crippen LogP contribution in [0.25, 0.3) is 11.1 Å². The number of halogens is 1. The summed E-state index contributed by atoms with van der Waals surface area (Å²) in [6.07, 6.45) is 2.15. The van der Waals surface area contributed by atoms with E-state index in [9.17, 15) is 9.90 Å². The zero-order chi connectivity index (χ0) is 14.8. The highest BCUT2D eigenvalue weighted by Gasteiger charge is 2.19. The van der Waals surface area contributed by atoms with Crippen LogP contribution in [0.15, 0.2) is 42.5 Å². The van der Waals surface area contributed by atoms with Crippen molar-refractivity contribution in [3.05, 3.63) is 53.1 Å². The van der Waals surface area contributed by atoms with Gasteiger partial charge in [0.25, 0.3) is 5.91 Å². The highest BCUT2D eigenvalue weighted by Crippen LogP contribution is 2.28. The first-order valence-electron chi connectivity index (χ1n) is 7.03. The monoisotopic (exact) mass is 301 g/mol. The fourth-order valence-corrected chi connectivity index (χ4v) is 2.90. The van der Waals surface area contributed by atoms with Gasteiger partial charge < -0.3 is 10.0 Å². The first-order chi connectivity index (χ1) is 10.1. The van der Waals surface area contributed by atoms with Gasteiger partial charge in [0.1, 0.15) is 5.75 Å². The Morgan fingerprint density at radius 1 is 1.05 bits per heavy atom. The molecule has 0 spiro atoms. The normalized spacial score (nSPS) is 14.4. The number of hydrogen-bond donors (Lipinski definition) is 1. The second-order valence-corrected chi connectivity index (χ2v) is 5.71. The van der Waals surface area contributed by atoms with Gasteiger partial charge in [0, 0.05) is 23.7 Å². The second-order valence-electron chi connectivity index (χ2n) is 5.28. The van der Waals surface area contributed by atoms with E-state index >= 15 is 0 Å². The molecule has 1 aliphatic heterocycles. The summed E-state index contributed by atoms with van der Waals surface area (Å²) in [7, 11) is 0. The molecule has 1 fully saturated rings. The van der Waals surface area contributed by atoms with Gasteiger partial charge in [0.2, 0.25) is 0 Å². The van der Waals surface area contributed by atoms with E-state index in [1.54, 1.807) is 12.1 Å². The van der Waals surface area contributed by atoms with Crippen molar-refractivity contribution in [2.24, 2.45) is 0 Å². The maximum absolute atomic E-state index is 12.4. The van der Waals surface area contributed by atoms with Crippen molar-refractivity contribution in [1.82, 2.24) is 4.90 Å². The fourth-order valence-electron chi connectivity index (χ4n) is 2.68. The molecule has 4 heteroatoms. The van der Waals surface area contributed by atoms with E-state index in [-0.39, 0.29) is 11.7 Å². The van der Waals surface area contributed by atoms with Crippen molar-refractivity contribution in [2.75, 3.05) is 13.1 Å². The number of rotatable bonds is 2. The van der Waals surface area contributed by atoms with Crippen LogP contribution in [0.2, 0.25) is 5.02 Å². The number of carbonyl (C=O) groups is 1. The standard InChI is InChI=1S/C17H16ClNO2/c18-15-9-14(10-16(20)11-15)12-4-3-5-13(8-12)17(21)19-6-1-2-7-19/h3-5,8-11,20H,1-2,6-7H2. The molecule has 1 N–H and O–H groups in total. The van der Waals surface area contributed by atoms with Gasteiger partial charge >= 0.3 is 0 Å². The first-order valence-corrected chi connectivity index (χ1v) is 7.40. The van der Waals surface area contributed by atoms with Crippen LogP contribution in [-0.2, 0) is 0 Å². The topological polar surface area (TPSA) is 40.5 Å². The predicted octanol–water partition coefficient (Wildman–Crippen LogP) is 3.95. The number of aromatic hydroxyl groups is 1. The third-order valence-electron chi connectivity index (χ3n) is 3.72. The molecule has 0 bridgehead atoms. The van der Waals surface area contributed by atoms with E-state index < -0.39 is 0 Å². The maximum atomic E-state index is 12.4. The lowest BCUT2D eigenvalue weighted by molar-refractivity contribution is 0.0793. The average Bonchev–Trinajstić information content (AvgIpc) is 3.00. The summed E-state index contributed by atoms with van der Waals surface area (Å²) < 4.78 is 0. The molecule has 21 heavy (non-hydrogen) atoms. The lowest BCUT2D eigenvalue weighted by atomic mass is 10.0. The van der Waals surface area contributed by atoms with E-state index in [0.717, 1.165) is 37.1 Å². The summed E-state index contributed by atoms with van der Waals surface area (Å²) in [4.78, 5) is 14.3. The summed E-state index contributed by atoms with van der Waals surface area (Å²) in [5.41, 5.74) is 2.35. The van der Waals surface area contributed by atoms with Crippen LogP contribution >= 0.6 is 11.6 Å². The molecule has 0 aliphatic carbocycles. The third-order valence-corrected chi connectivity index (χ3v) is 3.94. The van der Waals surface area contributed by atoms with Gasteiger partial charge in [-0.2, -0.15) is 0 Å². The van der Waals surface area contributed by atoms with Crippen LogP contribution in [0.3, 0.4) is 0 Å². The lowest BCUT2D eigenvalue weighted by Gasteiger charge is -2.15. The van der Waals surface area contributed by atoms with Gasteiger partial charge in [-0.15, -0.1) is 0 Å². The summed E-state index contributed by atoms with van der Waals surface area (Å²) in [5.74, 6) is 0.189. The van der Waals surface area contributed by atoms with Crippen LogP contribution in [0.5, 0.6) is 5.75 Å². The molecular weight excluding hydrogens is 286 g/mol. The Bertz CT molecular complexity index is 658. The van der Waals surface area contributed by atoms with Gasteiger partial charge in [-0.1, -0.05) is 23.7 Å². The number of nitrogens with zero attached hydrogens (tertiary/aromatic N) is 1. The maximum Gasteiger partial charge on any atom is 0.253 e. The van der Waals surface area contributed by atoms with Crippen molar-refractivity contribution >= 4 is 17.5 Å². The molecule has 3 rings (SSSR count). The first kappa shape index (κ1) is 14.0. The highest BCUT2D eigenvalue weighted by molar-refractivity contribution is 6.31. The largest absolute Gasteiger partial charge is 0.508 e. The minimum Gasteiger partial charge on any atom is -0.508 e. The Balaban J connectivity index is 1.94. The van der Waals surface area contributed by atoms with Crippen LogP contribution in [0.1, 0.15) is 23.2 Å². The zero-order valence-corrected chi connectivity index (χ0v) is 12.3. The van der Waals surface area contributed by atoms with Crippen LogP contribution in [0.4, 0.5) is 0 Å². The minimum absolute atomic E-state index is 0.0700.